The summed E-state index contributed by atoms with van der Waals surface area (Å²) in [5.41, 5.74) is 0.219. The van der Waals surface area contributed by atoms with Gasteiger partial charge in [-0.1, -0.05) is 0 Å². The van der Waals surface area contributed by atoms with E-state index >= 15 is 0 Å². The quantitative estimate of drug-likeness (QED) is 0.828. The molecule has 0 aromatic carbocycles. The molecule has 7 heteroatoms. The number of H-pyrrole nitrogens is 1. The second-order valence-corrected chi connectivity index (χ2v) is 5.29. The number of hydrogen-bond donors (Lipinski definition) is 2. The van der Waals surface area contributed by atoms with Crippen LogP contribution < -0.4 is 10.2 Å². The lowest BCUT2D eigenvalue weighted by Crippen LogP contribution is -2.27. The maximum absolute atomic E-state index is 11.9. The molecule has 0 fully saturated rings. The third kappa shape index (κ3) is 2.82. The molecule has 2 heterocycles. The molecule has 2 rings (SSSR count). The summed E-state index contributed by atoms with van der Waals surface area (Å²) in [6, 6.07) is 4.55. The van der Waals surface area contributed by atoms with Gasteiger partial charge in [-0.2, -0.15) is 0 Å². The first-order valence-corrected chi connectivity index (χ1v) is 6.63. The SMILES string of the molecule is O=c1cc[nH]cc1S(=O)(=O)NCc1ccncc1. The first-order valence-electron chi connectivity index (χ1n) is 5.15. The number of aromatic amines is 1. The van der Waals surface area contributed by atoms with Gasteiger partial charge in [-0.15, -0.1) is 0 Å². The van der Waals surface area contributed by atoms with Crippen LogP contribution in [0.25, 0.3) is 0 Å². The Morgan fingerprint density at radius 2 is 1.94 bits per heavy atom. The first-order chi connectivity index (χ1) is 8.59. The average Bonchev–Trinajstić information content (AvgIpc) is 2.38. The molecule has 18 heavy (non-hydrogen) atoms. The van der Waals surface area contributed by atoms with E-state index in [-0.39, 0.29) is 11.4 Å². The van der Waals surface area contributed by atoms with Crippen LogP contribution in [-0.4, -0.2) is 18.4 Å². The molecule has 0 atom stereocenters. The third-order valence-corrected chi connectivity index (χ3v) is 3.72. The van der Waals surface area contributed by atoms with E-state index in [0.29, 0.717) is 0 Å². The molecule has 0 saturated carbocycles. The highest BCUT2D eigenvalue weighted by Crippen LogP contribution is 2.02. The van der Waals surface area contributed by atoms with Gasteiger partial charge >= 0.3 is 0 Å². The molecule has 0 radical (unpaired) electrons. The maximum Gasteiger partial charge on any atom is 0.246 e. The fourth-order valence-electron chi connectivity index (χ4n) is 1.37. The zero-order valence-corrected chi connectivity index (χ0v) is 10.1. The monoisotopic (exact) mass is 265 g/mol. The minimum absolute atomic E-state index is 0.110. The van der Waals surface area contributed by atoms with Crippen molar-refractivity contribution in [1.29, 1.82) is 0 Å². The van der Waals surface area contributed by atoms with Gasteiger partial charge in [0.25, 0.3) is 0 Å². The Kier molecular flexibility index (Phi) is 3.54. The number of rotatable bonds is 4. The van der Waals surface area contributed by atoms with Crippen molar-refractivity contribution >= 4 is 10.0 Å². The van der Waals surface area contributed by atoms with E-state index in [1.807, 2.05) is 0 Å². The molecule has 2 N–H and O–H groups in total. The lowest BCUT2D eigenvalue weighted by molar-refractivity contribution is 0.580. The predicted molar refractivity (Wildman–Crippen MR) is 65.3 cm³/mol. The molecule has 0 unspecified atom stereocenters. The zero-order valence-electron chi connectivity index (χ0n) is 9.33. The summed E-state index contributed by atoms with van der Waals surface area (Å²) in [4.78, 5) is 17.5. The summed E-state index contributed by atoms with van der Waals surface area (Å²) in [6.45, 7) is 0.110. The molecule has 2 aromatic heterocycles. The predicted octanol–water partition coefficient (Wildman–Crippen LogP) is 0.248. The van der Waals surface area contributed by atoms with Crippen molar-refractivity contribution in [2.45, 2.75) is 11.4 Å². The van der Waals surface area contributed by atoms with E-state index in [1.165, 1.54) is 12.3 Å². The third-order valence-electron chi connectivity index (χ3n) is 2.29. The molecular formula is C11H11N3O3S. The maximum atomic E-state index is 11.9. The van der Waals surface area contributed by atoms with Crippen LogP contribution in [-0.2, 0) is 16.6 Å². The average molecular weight is 265 g/mol. The van der Waals surface area contributed by atoms with Crippen LogP contribution in [0.15, 0.2) is 52.7 Å². The summed E-state index contributed by atoms with van der Waals surface area (Å²) in [5.74, 6) is 0. The van der Waals surface area contributed by atoms with Crippen LogP contribution in [0.4, 0.5) is 0 Å². The number of nitrogens with zero attached hydrogens (tertiary/aromatic N) is 1. The Bertz CT molecular complexity index is 680. The summed E-state index contributed by atoms with van der Waals surface area (Å²) in [7, 11) is -3.80. The fourth-order valence-corrected chi connectivity index (χ4v) is 2.44. The van der Waals surface area contributed by atoms with Crippen molar-refractivity contribution in [3.8, 4) is 0 Å². The van der Waals surface area contributed by atoms with Gasteiger partial charge in [0.1, 0.15) is 4.90 Å². The normalized spacial score (nSPS) is 11.3. The van der Waals surface area contributed by atoms with Gasteiger partial charge in [0.05, 0.1) is 0 Å². The van der Waals surface area contributed by atoms with Crippen molar-refractivity contribution in [2.24, 2.45) is 0 Å². The van der Waals surface area contributed by atoms with Gasteiger partial charge in [0.2, 0.25) is 15.5 Å². The summed E-state index contributed by atoms with van der Waals surface area (Å²) in [5, 5.41) is 0. The first kappa shape index (κ1) is 12.5. The summed E-state index contributed by atoms with van der Waals surface area (Å²) in [6.07, 6.45) is 5.68. The van der Waals surface area contributed by atoms with Gasteiger partial charge in [-0.3, -0.25) is 9.78 Å². The molecule has 0 aliphatic heterocycles. The number of aromatic nitrogens is 2. The number of pyridine rings is 2. The highest BCUT2D eigenvalue weighted by molar-refractivity contribution is 7.89. The topological polar surface area (TPSA) is 91.9 Å². The fraction of sp³-hybridized carbons (Fsp3) is 0.0909. The van der Waals surface area contributed by atoms with E-state index in [2.05, 4.69) is 14.7 Å². The molecule has 0 aliphatic rings. The smallest absolute Gasteiger partial charge is 0.246 e. The minimum atomic E-state index is -3.80. The van der Waals surface area contributed by atoms with Crippen LogP contribution in [0.1, 0.15) is 5.56 Å². The van der Waals surface area contributed by atoms with Gasteiger partial charge in [-0.05, 0) is 17.7 Å². The Labute approximate surface area is 104 Å². The largest absolute Gasteiger partial charge is 0.366 e. The van der Waals surface area contributed by atoms with Crippen LogP contribution in [0.2, 0.25) is 0 Å². The van der Waals surface area contributed by atoms with Gasteiger partial charge in [0.15, 0.2) is 0 Å². The molecule has 0 saturated heterocycles. The van der Waals surface area contributed by atoms with E-state index < -0.39 is 15.5 Å². The second-order valence-electron chi connectivity index (χ2n) is 3.55. The van der Waals surface area contributed by atoms with Crippen molar-refractivity contribution in [3.63, 3.8) is 0 Å². The van der Waals surface area contributed by atoms with Crippen molar-refractivity contribution < 1.29 is 8.42 Å². The van der Waals surface area contributed by atoms with Crippen molar-refractivity contribution in [1.82, 2.24) is 14.7 Å². The summed E-state index contributed by atoms with van der Waals surface area (Å²) < 4.78 is 26.1. The van der Waals surface area contributed by atoms with E-state index in [0.717, 1.165) is 11.8 Å². The van der Waals surface area contributed by atoms with Gasteiger partial charge in [-0.25, -0.2) is 13.1 Å². The van der Waals surface area contributed by atoms with Crippen LogP contribution in [0.5, 0.6) is 0 Å². The zero-order chi connectivity index (χ0) is 13.0. The second kappa shape index (κ2) is 5.11. The highest BCUT2D eigenvalue weighted by atomic mass is 32.2. The summed E-state index contributed by atoms with van der Waals surface area (Å²) >= 11 is 0. The molecule has 6 nitrogen and oxygen atoms in total. The van der Waals surface area contributed by atoms with Crippen LogP contribution in [0.3, 0.4) is 0 Å². The standard InChI is InChI=1S/C11H11N3O3S/c15-10-3-6-13-8-11(10)18(16,17)14-7-9-1-4-12-5-2-9/h1-6,8,14H,7H2,(H,13,15). The number of hydrogen-bond acceptors (Lipinski definition) is 4. The van der Waals surface area contributed by atoms with E-state index in [4.69, 9.17) is 0 Å². The van der Waals surface area contributed by atoms with Crippen LogP contribution in [0, 0.1) is 0 Å². The Morgan fingerprint density at radius 1 is 1.22 bits per heavy atom. The lowest BCUT2D eigenvalue weighted by atomic mass is 10.3. The van der Waals surface area contributed by atoms with E-state index in [9.17, 15) is 13.2 Å². The Hall–Kier alpha value is -1.99. The Balaban J connectivity index is 2.19. The van der Waals surface area contributed by atoms with Crippen molar-refractivity contribution in [2.75, 3.05) is 0 Å². The minimum Gasteiger partial charge on any atom is -0.366 e. The molecule has 0 amide bonds. The molecule has 0 spiro atoms. The van der Waals surface area contributed by atoms with E-state index in [1.54, 1.807) is 24.5 Å². The number of sulfonamides is 1. The van der Waals surface area contributed by atoms with Gasteiger partial charge < -0.3 is 4.98 Å². The highest BCUT2D eigenvalue weighted by Gasteiger charge is 2.16. The molecular weight excluding hydrogens is 254 g/mol. The molecule has 94 valence electrons. The Morgan fingerprint density at radius 3 is 2.61 bits per heavy atom. The van der Waals surface area contributed by atoms with Crippen LogP contribution >= 0.6 is 0 Å². The molecule has 0 bridgehead atoms. The molecule has 2 aromatic rings. The van der Waals surface area contributed by atoms with Gasteiger partial charge in [0, 0.05) is 37.4 Å². The molecule has 0 aliphatic carbocycles. The van der Waals surface area contributed by atoms with Crippen molar-refractivity contribution in [3.05, 3.63) is 58.8 Å². The lowest BCUT2D eigenvalue weighted by Gasteiger charge is -2.05. The number of nitrogens with one attached hydrogen (secondary N) is 2.